The van der Waals surface area contributed by atoms with Crippen LogP contribution in [-0.4, -0.2) is 27.9 Å². The summed E-state index contributed by atoms with van der Waals surface area (Å²) in [6, 6.07) is 8.31. The first kappa shape index (κ1) is 16.5. The van der Waals surface area contributed by atoms with Crippen molar-refractivity contribution in [1.29, 1.82) is 5.41 Å². The second-order valence-corrected chi connectivity index (χ2v) is 4.69. The molecule has 1 heterocycles. The van der Waals surface area contributed by atoms with Crippen LogP contribution in [-0.2, 0) is 0 Å². The average Bonchev–Trinajstić information content (AvgIpc) is 2.46. The van der Waals surface area contributed by atoms with Crippen molar-refractivity contribution >= 4 is 23.2 Å². The quantitative estimate of drug-likeness (QED) is 0.748. The number of nitrogens with zero attached hydrogens (tertiary/aromatic N) is 1. The van der Waals surface area contributed by atoms with Gasteiger partial charge in [0.05, 0.1) is 11.1 Å². The Morgan fingerprint density at radius 3 is 2.39 bits per heavy atom. The molecule has 1 aromatic carbocycles. The van der Waals surface area contributed by atoms with Crippen molar-refractivity contribution in [1.82, 2.24) is 4.98 Å². The van der Waals surface area contributed by atoms with E-state index in [0.717, 1.165) is 6.20 Å². The van der Waals surface area contributed by atoms with Crippen molar-refractivity contribution in [2.45, 2.75) is 13.1 Å². The number of pyridine rings is 1. The van der Waals surface area contributed by atoms with E-state index in [9.17, 15) is 18.0 Å². The smallest absolute Gasteiger partial charge is 0.433 e. The number of carboxylic acid groups (broad SMARTS) is 1. The van der Waals surface area contributed by atoms with Gasteiger partial charge in [0.1, 0.15) is 11.5 Å². The Labute approximate surface area is 129 Å². The number of nitrogens with one attached hydrogen (secondary N) is 2. The van der Waals surface area contributed by atoms with Crippen molar-refractivity contribution in [2.24, 2.45) is 0 Å². The van der Waals surface area contributed by atoms with Crippen LogP contribution in [0.15, 0.2) is 36.5 Å². The molecule has 0 fully saturated rings. The second kappa shape index (κ2) is 6.07. The lowest BCUT2D eigenvalue weighted by molar-refractivity contribution is -0.0588. The van der Waals surface area contributed by atoms with Crippen LogP contribution in [0.3, 0.4) is 0 Å². The highest BCUT2D eigenvalue weighted by Crippen LogP contribution is 2.30. The summed E-state index contributed by atoms with van der Waals surface area (Å²) < 4.78 is 38.8. The van der Waals surface area contributed by atoms with Gasteiger partial charge in [-0.3, -0.25) is 5.41 Å². The Kier molecular flexibility index (Phi) is 4.35. The van der Waals surface area contributed by atoms with E-state index in [1.54, 1.807) is 30.3 Å². The second-order valence-electron chi connectivity index (χ2n) is 4.69. The summed E-state index contributed by atoms with van der Waals surface area (Å²) in [4.78, 5) is 14.9. The molecule has 0 amide bonds. The molecule has 0 spiro atoms. The van der Waals surface area contributed by atoms with Crippen molar-refractivity contribution in [3.05, 3.63) is 53.2 Å². The highest BCUT2D eigenvalue weighted by atomic mass is 19.4. The molecule has 5 nitrogen and oxygen atoms in total. The average molecular weight is 323 g/mol. The normalized spacial score (nSPS) is 11.1. The molecule has 0 aliphatic heterocycles. The first-order valence-electron chi connectivity index (χ1n) is 6.43. The van der Waals surface area contributed by atoms with Gasteiger partial charge in [-0.25, -0.2) is 9.78 Å². The van der Waals surface area contributed by atoms with Crippen LogP contribution < -0.4 is 5.32 Å². The molecule has 0 radical (unpaired) electrons. The van der Waals surface area contributed by atoms with Crippen LogP contribution in [0.5, 0.6) is 0 Å². The summed E-state index contributed by atoms with van der Waals surface area (Å²) in [5.74, 6) is -1.63. The number of para-hydroxylation sites is 1. The third-order valence-corrected chi connectivity index (χ3v) is 3.14. The number of alkyl halides is 3. The molecular weight excluding hydrogens is 311 g/mol. The van der Waals surface area contributed by atoms with Gasteiger partial charge in [0.15, 0.2) is 0 Å². The Morgan fingerprint density at radius 1 is 1.26 bits per heavy atom. The number of benzene rings is 1. The first-order chi connectivity index (χ1) is 10.7. The molecule has 2 rings (SSSR count). The third kappa shape index (κ3) is 3.47. The van der Waals surface area contributed by atoms with Crippen molar-refractivity contribution in [3.8, 4) is 0 Å². The Morgan fingerprint density at radius 2 is 1.87 bits per heavy atom. The van der Waals surface area contributed by atoms with Gasteiger partial charge in [-0.15, -0.1) is 0 Å². The first-order valence-corrected chi connectivity index (χ1v) is 6.43. The topological polar surface area (TPSA) is 86.1 Å². The third-order valence-electron chi connectivity index (χ3n) is 3.14. The molecule has 1 aromatic heterocycles. The largest absolute Gasteiger partial charge is 0.478 e. The number of aromatic carboxylic acids is 1. The number of anilines is 2. The van der Waals surface area contributed by atoms with Gasteiger partial charge < -0.3 is 10.4 Å². The zero-order valence-electron chi connectivity index (χ0n) is 11.9. The predicted octanol–water partition coefficient (Wildman–Crippen LogP) is 3.76. The van der Waals surface area contributed by atoms with E-state index in [4.69, 9.17) is 10.5 Å². The fraction of sp³-hybridized carbons (Fsp3) is 0.133. The standard InChI is InChI=1S/C15H12F3N3O2/c1-8-10(14(22)23)7-20-13(11(8)12(19)15(16,17)18)21-9-5-3-2-4-6-9/h2-7,19H,1H3,(H,20,21)(H,22,23). The molecule has 0 saturated carbocycles. The lowest BCUT2D eigenvalue weighted by Crippen LogP contribution is -2.26. The van der Waals surface area contributed by atoms with Gasteiger partial charge in [-0.1, -0.05) is 18.2 Å². The van der Waals surface area contributed by atoms with Crippen LogP contribution >= 0.6 is 0 Å². The Bertz CT molecular complexity index is 759. The van der Waals surface area contributed by atoms with Gasteiger partial charge in [0, 0.05) is 11.9 Å². The highest BCUT2D eigenvalue weighted by molar-refractivity contribution is 6.09. The molecule has 23 heavy (non-hydrogen) atoms. The number of aromatic nitrogens is 1. The molecular formula is C15H12F3N3O2. The summed E-state index contributed by atoms with van der Waals surface area (Å²) >= 11 is 0. The summed E-state index contributed by atoms with van der Waals surface area (Å²) in [6.07, 6.45) is -3.95. The van der Waals surface area contributed by atoms with Crippen LogP contribution in [0.2, 0.25) is 0 Å². The summed E-state index contributed by atoms with van der Waals surface area (Å²) in [5.41, 5.74) is -2.31. The fourth-order valence-electron chi connectivity index (χ4n) is 2.02. The zero-order chi connectivity index (χ0) is 17.2. The van der Waals surface area contributed by atoms with E-state index >= 15 is 0 Å². The van der Waals surface area contributed by atoms with Crippen LogP contribution in [0.25, 0.3) is 0 Å². The van der Waals surface area contributed by atoms with E-state index in [2.05, 4.69) is 10.3 Å². The Balaban J connectivity index is 2.60. The molecule has 3 N–H and O–H groups in total. The zero-order valence-corrected chi connectivity index (χ0v) is 11.9. The van der Waals surface area contributed by atoms with Gasteiger partial charge in [-0.05, 0) is 24.6 Å². The molecule has 0 atom stereocenters. The minimum atomic E-state index is -4.92. The van der Waals surface area contributed by atoms with Crippen LogP contribution in [0, 0.1) is 12.3 Å². The van der Waals surface area contributed by atoms with Gasteiger partial charge in [0.2, 0.25) is 0 Å². The van der Waals surface area contributed by atoms with E-state index in [1.165, 1.54) is 6.92 Å². The van der Waals surface area contributed by atoms with Crippen molar-refractivity contribution in [3.63, 3.8) is 0 Å². The van der Waals surface area contributed by atoms with E-state index in [0.29, 0.717) is 5.69 Å². The lowest BCUT2D eigenvalue weighted by atomic mass is 10.00. The fourth-order valence-corrected chi connectivity index (χ4v) is 2.02. The number of hydrogen-bond acceptors (Lipinski definition) is 4. The maximum absolute atomic E-state index is 12.9. The monoisotopic (exact) mass is 323 g/mol. The van der Waals surface area contributed by atoms with Gasteiger partial charge >= 0.3 is 12.1 Å². The molecule has 8 heteroatoms. The van der Waals surface area contributed by atoms with E-state index in [1.807, 2.05) is 0 Å². The van der Waals surface area contributed by atoms with Gasteiger partial charge in [0.25, 0.3) is 0 Å². The SMILES string of the molecule is Cc1c(C(=O)O)cnc(Nc2ccccc2)c1C(=N)C(F)(F)F. The van der Waals surface area contributed by atoms with Crippen molar-refractivity contribution < 1.29 is 23.1 Å². The molecule has 120 valence electrons. The number of hydrogen-bond donors (Lipinski definition) is 3. The summed E-state index contributed by atoms with van der Waals surface area (Å²) in [7, 11) is 0. The van der Waals surface area contributed by atoms with Gasteiger partial charge in [-0.2, -0.15) is 13.2 Å². The summed E-state index contributed by atoms with van der Waals surface area (Å²) in [6.45, 7) is 1.22. The number of carbonyl (C=O) groups is 1. The predicted molar refractivity (Wildman–Crippen MR) is 78.5 cm³/mol. The minimum absolute atomic E-state index is 0.173. The summed E-state index contributed by atoms with van der Waals surface area (Å²) in [5, 5.41) is 19.1. The maximum atomic E-state index is 12.9. The molecule has 0 unspecified atom stereocenters. The number of rotatable bonds is 4. The minimum Gasteiger partial charge on any atom is -0.478 e. The lowest BCUT2D eigenvalue weighted by Gasteiger charge is -2.17. The molecule has 0 saturated heterocycles. The van der Waals surface area contributed by atoms with E-state index < -0.39 is 23.4 Å². The van der Waals surface area contributed by atoms with E-state index in [-0.39, 0.29) is 16.9 Å². The highest BCUT2D eigenvalue weighted by Gasteiger charge is 2.38. The molecule has 0 bridgehead atoms. The molecule has 0 aliphatic carbocycles. The van der Waals surface area contributed by atoms with Crippen LogP contribution in [0.4, 0.5) is 24.7 Å². The van der Waals surface area contributed by atoms with Crippen molar-refractivity contribution in [2.75, 3.05) is 5.32 Å². The number of halogens is 3. The molecule has 0 aliphatic rings. The maximum Gasteiger partial charge on any atom is 0.433 e. The molecule has 2 aromatic rings. The number of carboxylic acids is 1. The van der Waals surface area contributed by atoms with Crippen LogP contribution in [0.1, 0.15) is 21.5 Å². The Hall–Kier alpha value is -2.90.